The molecule has 126 valence electrons. The van der Waals surface area contributed by atoms with Crippen molar-refractivity contribution in [2.45, 2.75) is 19.8 Å². The molecule has 0 saturated heterocycles. The van der Waals surface area contributed by atoms with E-state index in [1.807, 2.05) is 61.5 Å². The molecule has 0 saturated carbocycles. The standard InChI is InChI=1S/C21H20N2O2/c1-2-3-14-25-21(24)20(16-22)15-19-8-6-17(7-9-19)4-5-18-10-12-23-13-11-18/h4-13,15H,2-3,14H2,1H3/b5-4+,20-15-. The zero-order valence-corrected chi connectivity index (χ0v) is 14.2. The smallest absolute Gasteiger partial charge is 0.348 e. The number of rotatable bonds is 7. The number of hydrogen-bond acceptors (Lipinski definition) is 4. The van der Waals surface area contributed by atoms with Gasteiger partial charge in [-0.2, -0.15) is 5.26 Å². The lowest BCUT2D eigenvalue weighted by Crippen LogP contribution is -2.07. The Morgan fingerprint density at radius 1 is 1.08 bits per heavy atom. The van der Waals surface area contributed by atoms with E-state index in [-0.39, 0.29) is 5.57 Å². The van der Waals surface area contributed by atoms with Gasteiger partial charge in [0.1, 0.15) is 11.6 Å². The highest BCUT2D eigenvalue weighted by Crippen LogP contribution is 2.13. The molecule has 0 fully saturated rings. The van der Waals surface area contributed by atoms with Crippen LogP contribution in [0.5, 0.6) is 0 Å². The zero-order valence-electron chi connectivity index (χ0n) is 14.2. The molecular formula is C21H20N2O2. The van der Waals surface area contributed by atoms with Gasteiger partial charge in [-0.1, -0.05) is 49.8 Å². The molecule has 0 amide bonds. The molecule has 25 heavy (non-hydrogen) atoms. The lowest BCUT2D eigenvalue weighted by Gasteiger charge is -2.02. The Hall–Kier alpha value is -3.19. The van der Waals surface area contributed by atoms with Crippen LogP contribution in [0.25, 0.3) is 18.2 Å². The minimum atomic E-state index is -0.572. The monoisotopic (exact) mass is 332 g/mol. The largest absolute Gasteiger partial charge is 0.462 e. The second kappa shape index (κ2) is 9.84. The number of carbonyl (C=O) groups is 1. The maximum Gasteiger partial charge on any atom is 0.348 e. The Labute approximate surface area is 148 Å². The third kappa shape index (κ3) is 6.08. The summed E-state index contributed by atoms with van der Waals surface area (Å²) in [4.78, 5) is 15.8. The lowest BCUT2D eigenvalue weighted by molar-refractivity contribution is -0.138. The average molecular weight is 332 g/mol. The summed E-state index contributed by atoms with van der Waals surface area (Å²) < 4.78 is 5.07. The molecule has 0 N–H and O–H groups in total. The molecule has 0 radical (unpaired) electrons. The average Bonchev–Trinajstić information content (AvgIpc) is 2.66. The van der Waals surface area contributed by atoms with Crippen molar-refractivity contribution < 1.29 is 9.53 Å². The van der Waals surface area contributed by atoms with E-state index in [0.717, 1.165) is 29.5 Å². The molecule has 0 unspecified atom stereocenters. The summed E-state index contributed by atoms with van der Waals surface area (Å²) in [5, 5.41) is 9.14. The molecule has 2 rings (SSSR count). The Morgan fingerprint density at radius 2 is 1.68 bits per heavy atom. The summed E-state index contributed by atoms with van der Waals surface area (Å²) in [6.45, 7) is 2.35. The van der Waals surface area contributed by atoms with Crippen molar-refractivity contribution >= 4 is 24.2 Å². The number of aromatic nitrogens is 1. The number of ether oxygens (including phenoxy) is 1. The summed E-state index contributed by atoms with van der Waals surface area (Å²) >= 11 is 0. The van der Waals surface area contributed by atoms with E-state index in [1.54, 1.807) is 18.5 Å². The molecular weight excluding hydrogens is 312 g/mol. The molecule has 0 atom stereocenters. The van der Waals surface area contributed by atoms with Gasteiger partial charge >= 0.3 is 5.97 Å². The number of esters is 1. The normalized spacial score (nSPS) is 11.3. The topological polar surface area (TPSA) is 63.0 Å². The second-order valence-electron chi connectivity index (χ2n) is 5.44. The highest BCUT2D eigenvalue weighted by Gasteiger charge is 2.10. The van der Waals surface area contributed by atoms with Gasteiger partial charge < -0.3 is 4.74 Å². The highest BCUT2D eigenvalue weighted by atomic mass is 16.5. The molecule has 1 aromatic heterocycles. The summed E-state index contributed by atoms with van der Waals surface area (Å²) in [5.74, 6) is -0.572. The van der Waals surface area contributed by atoms with Gasteiger partial charge in [-0.3, -0.25) is 4.98 Å². The Balaban J connectivity index is 2.04. The number of hydrogen-bond donors (Lipinski definition) is 0. The predicted octanol–water partition coefficient (Wildman–Crippen LogP) is 4.50. The first-order valence-corrected chi connectivity index (χ1v) is 8.20. The Bertz CT molecular complexity index is 785. The van der Waals surface area contributed by atoms with Crippen LogP contribution in [0.3, 0.4) is 0 Å². The van der Waals surface area contributed by atoms with Crippen LogP contribution in [0.1, 0.15) is 36.5 Å². The zero-order chi connectivity index (χ0) is 17.9. The number of nitrogens with zero attached hydrogens (tertiary/aromatic N) is 2. The number of pyridine rings is 1. The second-order valence-corrected chi connectivity index (χ2v) is 5.44. The van der Waals surface area contributed by atoms with Crippen molar-refractivity contribution in [3.8, 4) is 6.07 Å². The maximum absolute atomic E-state index is 11.9. The van der Waals surface area contributed by atoms with Crippen LogP contribution in [-0.4, -0.2) is 17.6 Å². The van der Waals surface area contributed by atoms with Gasteiger partial charge in [0.2, 0.25) is 0 Å². The number of carbonyl (C=O) groups excluding carboxylic acids is 1. The van der Waals surface area contributed by atoms with Gasteiger partial charge in [0.15, 0.2) is 0 Å². The van der Waals surface area contributed by atoms with Crippen LogP contribution >= 0.6 is 0 Å². The van der Waals surface area contributed by atoms with Crippen molar-refractivity contribution in [1.82, 2.24) is 4.98 Å². The minimum absolute atomic E-state index is 0.0104. The third-order valence-corrected chi connectivity index (χ3v) is 3.49. The quantitative estimate of drug-likeness (QED) is 0.324. The predicted molar refractivity (Wildman–Crippen MR) is 99.1 cm³/mol. The van der Waals surface area contributed by atoms with E-state index in [9.17, 15) is 4.79 Å². The fourth-order valence-electron chi connectivity index (χ4n) is 2.06. The molecule has 2 aromatic rings. The van der Waals surface area contributed by atoms with Gasteiger partial charge in [0, 0.05) is 12.4 Å². The van der Waals surface area contributed by atoms with Crippen LogP contribution in [0.15, 0.2) is 54.4 Å². The first-order chi connectivity index (χ1) is 12.2. The molecule has 4 nitrogen and oxygen atoms in total. The molecule has 0 aliphatic carbocycles. The highest BCUT2D eigenvalue weighted by molar-refractivity contribution is 5.97. The molecule has 0 bridgehead atoms. The van der Waals surface area contributed by atoms with Gasteiger partial charge in [-0.05, 0) is 41.3 Å². The lowest BCUT2D eigenvalue weighted by atomic mass is 10.1. The van der Waals surface area contributed by atoms with Crippen LogP contribution in [0.4, 0.5) is 0 Å². The SMILES string of the molecule is CCCCOC(=O)/C(C#N)=C\c1ccc(/C=C/c2ccncc2)cc1. The van der Waals surface area contributed by atoms with Gasteiger partial charge in [0.25, 0.3) is 0 Å². The van der Waals surface area contributed by atoms with E-state index in [2.05, 4.69) is 4.98 Å². The fraction of sp³-hybridized carbons (Fsp3) is 0.190. The minimum Gasteiger partial charge on any atom is -0.462 e. The van der Waals surface area contributed by atoms with Crippen molar-refractivity contribution in [3.63, 3.8) is 0 Å². The summed E-state index contributed by atoms with van der Waals surface area (Å²) in [6.07, 6.45) is 10.8. The van der Waals surface area contributed by atoms with E-state index >= 15 is 0 Å². The van der Waals surface area contributed by atoms with Crippen LogP contribution in [0.2, 0.25) is 0 Å². The summed E-state index contributed by atoms with van der Waals surface area (Å²) in [7, 11) is 0. The Kier molecular flexibility index (Phi) is 7.14. The van der Waals surface area contributed by atoms with Crippen molar-refractivity contribution in [2.75, 3.05) is 6.61 Å². The Morgan fingerprint density at radius 3 is 2.28 bits per heavy atom. The number of nitriles is 1. The van der Waals surface area contributed by atoms with E-state index in [0.29, 0.717) is 6.61 Å². The molecule has 0 aliphatic heterocycles. The van der Waals surface area contributed by atoms with Gasteiger partial charge in [-0.25, -0.2) is 4.79 Å². The van der Waals surface area contributed by atoms with Crippen molar-refractivity contribution in [1.29, 1.82) is 5.26 Å². The number of benzene rings is 1. The maximum atomic E-state index is 11.9. The number of unbranched alkanes of at least 4 members (excludes halogenated alkanes) is 1. The van der Waals surface area contributed by atoms with Crippen LogP contribution < -0.4 is 0 Å². The van der Waals surface area contributed by atoms with Crippen LogP contribution in [-0.2, 0) is 9.53 Å². The summed E-state index contributed by atoms with van der Waals surface area (Å²) in [5.41, 5.74) is 2.89. The first-order valence-electron chi connectivity index (χ1n) is 8.20. The first kappa shape index (κ1) is 18.2. The summed E-state index contributed by atoms with van der Waals surface area (Å²) in [6, 6.07) is 13.4. The molecule has 4 heteroatoms. The fourth-order valence-corrected chi connectivity index (χ4v) is 2.06. The van der Waals surface area contributed by atoms with Crippen LogP contribution in [0, 0.1) is 11.3 Å². The van der Waals surface area contributed by atoms with E-state index in [1.165, 1.54) is 0 Å². The van der Waals surface area contributed by atoms with Gasteiger partial charge in [0.05, 0.1) is 6.61 Å². The van der Waals surface area contributed by atoms with E-state index in [4.69, 9.17) is 10.00 Å². The molecule has 0 spiro atoms. The molecule has 1 heterocycles. The molecule has 1 aromatic carbocycles. The third-order valence-electron chi connectivity index (χ3n) is 3.49. The van der Waals surface area contributed by atoms with Crippen molar-refractivity contribution in [3.05, 3.63) is 71.1 Å². The van der Waals surface area contributed by atoms with E-state index < -0.39 is 5.97 Å². The van der Waals surface area contributed by atoms with Crippen molar-refractivity contribution in [2.24, 2.45) is 0 Å². The molecule has 0 aliphatic rings. The van der Waals surface area contributed by atoms with Gasteiger partial charge in [-0.15, -0.1) is 0 Å².